The minimum absolute atomic E-state index is 0.174. The van der Waals surface area contributed by atoms with Gasteiger partial charge in [0.15, 0.2) is 0 Å². The molecule has 0 spiro atoms. The average molecular weight is 326 g/mol. The highest BCUT2D eigenvalue weighted by molar-refractivity contribution is 6.30. The molecule has 1 aromatic carbocycles. The van der Waals surface area contributed by atoms with Crippen LogP contribution in [-0.4, -0.2) is 42.7 Å². The summed E-state index contributed by atoms with van der Waals surface area (Å²) in [5, 5.41) is 0.704. The van der Waals surface area contributed by atoms with Crippen LogP contribution in [0.2, 0.25) is 5.02 Å². The van der Waals surface area contributed by atoms with Crippen molar-refractivity contribution in [2.24, 2.45) is 0 Å². The zero-order chi connectivity index (χ0) is 16.2. The SMILES string of the molecule is Cc1cc(Cl)ccc1OCCCC(=O)N1CCOC(C)(C)C1. The van der Waals surface area contributed by atoms with Crippen LogP contribution in [0, 0.1) is 6.92 Å². The van der Waals surface area contributed by atoms with E-state index in [1.54, 1.807) is 0 Å². The van der Waals surface area contributed by atoms with Crippen molar-refractivity contribution in [1.29, 1.82) is 0 Å². The van der Waals surface area contributed by atoms with E-state index in [0.717, 1.165) is 11.3 Å². The Morgan fingerprint density at radius 3 is 2.91 bits per heavy atom. The maximum absolute atomic E-state index is 12.2. The van der Waals surface area contributed by atoms with Crippen LogP contribution in [0.25, 0.3) is 0 Å². The van der Waals surface area contributed by atoms with Crippen LogP contribution in [0.15, 0.2) is 18.2 Å². The Hall–Kier alpha value is -1.26. The number of rotatable bonds is 5. The van der Waals surface area contributed by atoms with E-state index >= 15 is 0 Å². The summed E-state index contributed by atoms with van der Waals surface area (Å²) in [4.78, 5) is 14.1. The monoisotopic (exact) mass is 325 g/mol. The minimum Gasteiger partial charge on any atom is -0.493 e. The third-order valence-corrected chi connectivity index (χ3v) is 3.94. The molecule has 0 N–H and O–H groups in total. The molecule has 0 bridgehead atoms. The summed E-state index contributed by atoms with van der Waals surface area (Å²) in [6.45, 7) is 8.46. The molecule has 0 unspecified atom stereocenters. The fourth-order valence-electron chi connectivity index (χ4n) is 2.57. The van der Waals surface area contributed by atoms with Crippen LogP contribution >= 0.6 is 11.6 Å². The molecule has 1 fully saturated rings. The third-order valence-electron chi connectivity index (χ3n) is 3.71. The summed E-state index contributed by atoms with van der Waals surface area (Å²) in [5.41, 5.74) is 0.763. The first-order chi connectivity index (χ1) is 10.4. The first-order valence-corrected chi connectivity index (χ1v) is 8.06. The molecule has 0 aromatic heterocycles. The number of hydrogen-bond acceptors (Lipinski definition) is 3. The highest BCUT2D eigenvalue weighted by Gasteiger charge is 2.29. The second-order valence-corrected chi connectivity index (χ2v) is 6.72. The van der Waals surface area contributed by atoms with Crippen molar-refractivity contribution in [2.45, 2.75) is 39.2 Å². The number of carbonyl (C=O) groups excluding carboxylic acids is 1. The van der Waals surface area contributed by atoms with Crippen molar-refractivity contribution < 1.29 is 14.3 Å². The van der Waals surface area contributed by atoms with Crippen molar-refractivity contribution in [3.63, 3.8) is 0 Å². The molecule has 122 valence electrons. The van der Waals surface area contributed by atoms with Gasteiger partial charge in [-0.1, -0.05) is 11.6 Å². The zero-order valence-electron chi connectivity index (χ0n) is 13.5. The maximum Gasteiger partial charge on any atom is 0.222 e. The molecule has 1 heterocycles. The zero-order valence-corrected chi connectivity index (χ0v) is 14.3. The summed E-state index contributed by atoms with van der Waals surface area (Å²) >= 11 is 5.91. The fourth-order valence-corrected chi connectivity index (χ4v) is 2.79. The lowest BCUT2D eigenvalue weighted by molar-refractivity contribution is -0.146. The van der Waals surface area contributed by atoms with Gasteiger partial charge in [-0.2, -0.15) is 0 Å². The molecule has 1 aliphatic rings. The fraction of sp³-hybridized carbons (Fsp3) is 0.588. The standard InChI is InChI=1S/C17H24ClNO3/c1-13-11-14(18)6-7-15(13)21-9-4-5-16(20)19-8-10-22-17(2,3)12-19/h6-7,11H,4-5,8-10,12H2,1-3H3. The second kappa shape index (κ2) is 7.34. The van der Waals surface area contributed by atoms with Crippen molar-refractivity contribution in [3.05, 3.63) is 28.8 Å². The number of ether oxygens (including phenoxy) is 2. The van der Waals surface area contributed by atoms with Gasteiger partial charge in [-0.3, -0.25) is 4.79 Å². The van der Waals surface area contributed by atoms with Gasteiger partial charge in [-0.25, -0.2) is 0 Å². The Balaban J connectivity index is 1.73. The number of aryl methyl sites for hydroxylation is 1. The number of carbonyl (C=O) groups is 1. The average Bonchev–Trinajstić information content (AvgIpc) is 2.44. The van der Waals surface area contributed by atoms with Gasteiger partial charge in [0.05, 0.1) is 18.8 Å². The molecule has 0 aliphatic carbocycles. The van der Waals surface area contributed by atoms with Gasteiger partial charge < -0.3 is 14.4 Å². The largest absolute Gasteiger partial charge is 0.493 e. The lowest BCUT2D eigenvalue weighted by atomic mass is 10.1. The molecule has 4 nitrogen and oxygen atoms in total. The van der Waals surface area contributed by atoms with Crippen molar-refractivity contribution >= 4 is 17.5 Å². The highest BCUT2D eigenvalue weighted by atomic mass is 35.5. The summed E-state index contributed by atoms with van der Waals surface area (Å²) in [6, 6.07) is 5.55. The molecule has 0 atom stereocenters. The number of morpholine rings is 1. The molecule has 1 aliphatic heterocycles. The Kier molecular flexibility index (Phi) is 5.70. The number of amides is 1. The molecule has 2 rings (SSSR count). The number of halogens is 1. The van der Waals surface area contributed by atoms with E-state index in [1.807, 2.05) is 43.9 Å². The molecule has 1 saturated heterocycles. The van der Waals surface area contributed by atoms with Crippen LogP contribution < -0.4 is 4.74 Å². The van der Waals surface area contributed by atoms with E-state index in [4.69, 9.17) is 21.1 Å². The van der Waals surface area contributed by atoms with Gasteiger partial charge in [0.25, 0.3) is 0 Å². The number of hydrogen-bond donors (Lipinski definition) is 0. The Morgan fingerprint density at radius 1 is 1.45 bits per heavy atom. The molecule has 5 heteroatoms. The van der Waals surface area contributed by atoms with Gasteiger partial charge in [0.2, 0.25) is 5.91 Å². The van der Waals surface area contributed by atoms with Gasteiger partial charge in [-0.05, 0) is 51.0 Å². The molecular formula is C17H24ClNO3. The Morgan fingerprint density at radius 2 is 2.23 bits per heavy atom. The van der Waals surface area contributed by atoms with Gasteiger partial charge in [0, 0.05) is 24.5 Å². The molecule has 0 radical (unpaired) electrons. The van der Waals surface area contributed by atoms with Gasteiger partial charge in [-0.15, -0.1) is 0 Å². The molecule has 1 aromatic rings. The number of benzene rings is 1. The third kappa shape index (κ3) is 4.89. The van der Waals surface area contributed by atoms with E-state index in [9.17, 15) is 4.79 Å². The molecule has 1 amide bonds. The summed E-state index contributed by atoms with van der Waals surface area (Å²) in [7, 11) is 0. The quantitative estimate of drug-likeness (QED) is 0.778. The molecule has 0 saturated carbocycles. The van der Waals surface area contributed by atoms with Crippen molar-refractivity contribution in [2.75, 3.05) is 26.3 Å². The Labute approximate surface area is 137 Å². The van der Waals surface area contributed by atoms with E-state index in [2.05, 4.69) is 0 Å². The smallest absolute Gasteiger partial charge is 0.222 e. The first kappa shape index (κ1) is 17.1. The number of nitrogens with zero attached hydrogens (tertiary/aromatic N) is 1. The predicted octanol–water partition coefficient (Wildman–Crippen LogP) is 3.44. The van der Waals surface area contributed by atoms with Crippen LogP contribution in [-0.2, 0) is 9.53 Å². The molecule has 22 heavy (non-hydrogen) atoms. The van der Waals surface area contributed by atoms with Crippen LogP contribution in [0.4, 0.5) is 0 Å². The van der Waals surface area contributed by atoms with E-state index < -0.39 is 0 Å². The summed E-state index contributed by atoms with van der Waals surface area (Å²) in [6.07, 6.45) is 1.21. The van der Waals surface area contributed by atoms with E-state index in [-0.39, 0.29) is 11.5 Å². The highest BCUT2D eigenvalue weighted by Crippen LogP contribution is 2.22. The second-order valence-electron chi connectivity index (χ2n) is 6.29. The van der Waals surface area contributed by atoms with Crippen molar-refractivity contribution in [1.82, 2.24) is 4.90 Å². The summed E-state index contributed by atoms with van der Waals surface area (Å²) < 4.78 is 11.3. The first-order valence-electron chi connectivity index (χ1n) is 7.68. The van der Waals surface area contributed by atoms with Crippen LogP contribution in [0.1, 0.15) is 32.3 Å². The topological polar surface area (TPSA) is 38.8 Å². The van der Waals surface area contributed by atoms with Crippen molar-refractivity contribution in [3.8, 4) is 5.75 Å². The lowest BCUT2D eigenvalue weighted by Gasteiger charge is -2.38. The van der Waals surface area contributed by atoms with Gasteiger partial charge >= 0.3 is 0 Å². The predicted molar refractivity (Wildman–Crippen MR) is 87.5 cm³/mol. The minimum atomic E-state index is -0.245. The molecular weight excluding hydrogens is 302 g/mol. The lowest BCUT2D eigenvalue weighted by Crippen LogP contribution is -2.50. The van der Waals surface area contributed by atoms with Crippen LogP contribution in [0.5, 0.6) is 5.75 Å². The van der Waals surface area contributed by atoms with E-state index in [0.29, 0.717) is 44.2 Å². The maximum atomic E-state index is 12.2. The van der Waals surface area contributed by atoms with Gasteiger partial charge in [0.1, 0.15) is 5.75 Å². The normalized spacial score (nSPS) is 17.4. The van der Waals surface area contributed by atoms with E-state index in [1.165, 1.54) is 0 Å². The Bertz CT molecular complexity index is 531. The summed E-state index contributed by atoms with van der Waals surface area (Å²) in [5.74, 6) is 0.997. The van der Waals surface area contributed by atoms with Crippen LogP contribution in [0.3, 0.4) is 0 Å².